The molecule has 5 aromatic rings. The molecule has 0 aliphatic carbocycles. The molecule has 0 unspecified atom stereocenters. The Morgan fingerprint density at radius 2 is 1.88 bits per heavy atom. The Kier molecular flexibility index (Phi) is 4.66. The summed E-state index contributed by atoms with van der Waals surface area (Å²) in [7, 11) is 0. The molecular formula is C27H23N5O. The highest BCUT2D eigenvalue weighted by Gasteiger charge is 2.14. The fraction of sp³-hybridized carbons (Fsp3) is 0.148. The average Bonchev–Trinajstić information content (AvgIpc) is 2.86. The molecule has 1 aliphatic rings. The first-order valence-corrected chi connectivity index (χ1v) is 11.1. The van der Waals surface area contributed by atoms with E-state index in [1.807, 2.05) is 43.5 Å². The molecule has 0 amide bonds. The molecule has 0 spiro atoms. The van der Waals surface area contributed by atoms with Gasteiger partial charge in [-0.15, -0.1) is 0 Å². The summed E-state index contributed by atoms with van der Waals surface area (Å²) in [6.45, 7) is 3.87. The third-order valence-corrected chi connectivity index (χ3v) is 6.31. The predicted molar refractivity (Wildman–Crippen MR) is 133 cm³/mol. The summed E-state index contributed by atoms with van der Waals surface area (Å²) < 4.78 is 1.70. The van der Waals surface area contributed by atoms with E-state index in [0.29, 0.717) is 16.9 Å². The highest BCUT2D eigenvalue weighted by atomic mass is 16.1. The van der Waals surface area contributed by atoms with Gasteiger partial charge in [0.05, 0.1) is 16.6 Å². The fourth-order valence-corrected chi connectivity index (χ4v) is 4.63. The lowest BCUT2D eigenvalue weighted by Crippen LogP contribution is -2.23. The molecule has 0 saturated carbocycles. The van der Waals surface area contributed by atoms with Crippen LogP contribution in [0.1, 0.15) is 16.7 Å². The molecule has 33 heavy (non-hydrogen) atoms. The van der Waals surface area contributed by atoms with Crippen molar-refractivity contribution in [2.75, 3.05) is 11.9 Å². The lowest BCUT2D eigenvalue weighted by Gasteiger charge is -2.18. The van der Waals surface area contributed by atoms with Gasteiger partial charge in [-0.05, 0) is 60.2 Å². The molecule has 6 heteroatoms. The number of fused-ring (bicyclic) bond motifs is 3. The second-order valence-corrected chi connectivity index (χ2v) is 8.48. The van der Waals surface area contributed by atoms with Gasteiger partial charge in [-0.2, -0.15) is 0 Å². The van der Waals surface area contributed by atoms with Crippen LogP contribution >= 0.6 is 0 Å². The topological polar surface area (TPSA) is 71.8 Å². The van der Waals surface area contributed by atoms with Gasteiger partial charge >= 0.3 is 0 Å². The van der Waals surface area contributed by atoms with Gasteiger partial charge in [-0.25, -0.2) is 9.97 Å². The summed E-state index contributed by atoms with van der Waals surface area (Å²) in [5.41, 5.74) is 5.92. The number of rotatable bonds is 3. The molecule has 6 nitrogen and oxygen atoms in total. The Morgan fingerprint density at radius 3 is 2.82 bits per heavy atom. The van der Waals surface area contributed by atoms with Crippen molar-refractivity contribution < 1.29 is 0 Å². The maximum atomic E-state index is 13.4. The minimum absolute atomic E-state index is 0.127. The quantitative estimate of drug-likeness (QED) is 0.434. The van der Waals surface area contributed by atoms with Gasteiger partial charge in [0.25, 0.3) is 5.56 Å². The monoisotopic (exact) mass is 433 g/mol. The van der Waals surface area contributed by atoms with E-state index in [2.05, 4.69) is 50.9 Å². The van der Waals surface area contributed by atoms with E-state index in [0.717, 1.165) is 47.2 Å². The van der Waals surface area contributed by atoms with Crippen molar-refractivity contribution >= 4 is 33.3 Å². The average molecular weight is 434 g/mol. The Labute approximate surface area is 190 Å². The molecular weight excluding hydrogens is 410 g/mol. The molecule has 0 saturated heterocycles. The number of pyridine rings is 1. The number of aromatic nitrogens is 3. The lowest BCUT2D eigenvalue weighted by atomic mass is 10.0. The Morgan fingerprint density at radius 1 is 1.00 bits per heavy atom. The van der Waals surface area contributed by atoms with Gasteiger partial charge in [0.2, 0.25) is 5.95 Å². The third-order valence-electron chi connectivity index (χ3n) is 6.31. The third kappa shape index (κ3) is 3.45. The lowest BCUT2D eigenvalue weighted by molar-refractivity contribution is 0.644. The van der Waals surface area contributed by atoms with Gasteiger partial charge < -0.3 is 10.6 Å². The Bertz CT molecular complexity index is 1580. The zero-order valence-corrected chi connectivity index (χ0v) is 18.3. The number of benzene rings is 3. The molecule has 0 bridgehead atoms. The summed E-state index contributed by atoms with van der Waals surface area (Å²) in [6, 6.07) is 20.4. The summed E-state index contributed by atoms with van der Waals surface area (Å²) in [5, 5.41) is 9.33. The van der Waals surface area contributed by atoms with Crippen LogP contribution in [-0.4, -0.2) is 21.1 Å². The highest BCUT2D eigenvalue weighted by molar-refractivity contribution is 5.91. The van der Waals surface area contributed by atoms with E-state index in [4.69, 9.17) is 0 Å². The first-order chi connectivity index (χ1) is 16.2. The highest BCUT2D eigenvalue weighted by Crippen LogP contribution is 2.24. The van der Waals surface area contributed by atoms with Gasteiger partial charge in [0.1, 0.15) is 0 Å². The van der Waals surface area contributed by atoms with Crippen molar-refractivity contribution in [3.8, 4) is 5.69 Å². The summed E-state index contributed by atoms with van der Waals surface area (Å²) in [4.78, 5) is 22.6. The van der Waals surface area contributed by atoms with Crippen LogP contribution in [0.15, 0.2) is 77.9 Å². The standard InChI is InChI=1S/C27H23N5O/c1-17-16-32(24-8-4-6-19-5-2-3-7-22(19)24)26(33)23-15-29-27(31-25(17)23)30-21-10-9-18-11-12-28-14-20(18)13-21/h2-10,13,15-16,28H,11-12,14H2,1H3,(H,29,30,31). The number of nitrogens with zero attached hydrogens (tertiary/aromatic N) is 3. The zero-order chi connectivity index (χ0) is 22.4. The second kappa shape index (κ2) is 7.83. The van der Waals surface area contributed by atoms with E-state index < -0.39 is 0 Å². The van der Waals surface area contributed by atoms with Crippen LogP contribution in [0, 0.1) is 6.92 Å². The minimum Gasteiger partial charge on any atom is -0.324 e. The number of hydrogen-bond acceptors (Lipinski definition) is 5. The molecule has 2 aromatic heterocycles. The number of hydrogen-bond donors (Lipinski definition) is 2. The summed E-state index contributed by atoms with van der Waals surface area (Å²) in [5.74, 6) is 0.483. The summed E-state index contributed by atoms with van der Waals surface area (Å²) in [6.07, 6.45) is 4.54. The molecule has 2 N–H and O–H groups in total. The molecule has 162 valence electrons. The van der Waals surface area contributed by atoms with Crippen LogP contribution in [-0.2, 0) is 13.0 Å². The molecule has 0 atom stereocenters. The van der Waals surface area contributed by atoms with E-state index in [-0.39, 0.29) is 5.56 Å². The predicted octanol–water partition coefficient (Wildman–Crippen LogP) is 4.63. The molecule has 0 fully saturated rings. The second-order valence-electron chi connectivity index (χ2n) is 8.48. The zero-order valence-electron chi connectivity index (χ0n) is 18.3. The SMILES string of the molecule is Cc1cn(-c2cccc3ccccc23)c(=O)c2cnc(Nc3ccc4c(c3)CNCC4)nc12. The molecule has 0 radical (unpaired) electrons. The maximum absolute atomic E-state index is 13.4. The van der Waals surface area contributed by atoms with Crippen LogP contribution in [0.4, 0.5) is 11.6 Å². The Hall–Kier alpha value is -4.03. The fourth-order valence-electron chi connectivity index (χ4n) is 4.63. The maximum Gasteiger partial charge on any atom is 0.266 e. The van der Waals surface area contributed by atoms with Gasteiger partial charge in [0, 0.05) is 30.0 Å². The van der Waals surface area contributed by atoms with Crippen molar-refractivity contribution in [2.45, 2.75) is 19.9 Å². The molecule has 3 heterocycles. The molecule has 6 rings (SSSR count). The van der Waals surface area contributed by atoms with Crippen LogP contribution in [0.25, 0.3) is 27.4 Å². The van der Waals surface area contributed by atoms with Gasteiger partial charge in [-0.3, -0.25) is 9.36 Å². The molecule has 3 aromatic carbocycles. The Balaban J connectivity index is 1.42. The van der Waals surface area contributed by atoms with E-state index in [1.54, 1.807) is 10.8 Å². The summed E-state index contributed by atoms with van der Waals surface area (Å²) >= 11 is 0. The minimum atomic E-state index is -0.127. The normalized spacial score (nSPS) is 13.2. The number of anilines is 2. The van der Waals surface area contributed by atoms with Crippen molar-refractivity contribution in [1.29, 1.82) is 0 Å². The van der Waals surface area contributed by atoms with Crippen molar-refractivity contribution in [2.24, 2.45) is 0 Å². The van der Waals surface area contributed by atoms with Crippen molar-refractivity contribution in [3.63, 3.8) is 0 Å². The van der Waals surface area contributed by atoms with Crippen LogP contribution in [0.2, 0.25) is 0 Å². The van der Waals surface area contributed by atoms with Crippen LogP contribution in [0.3, 0.4) is 0 Å². The first kappa shape index (κ1) is 19.6. The van der Waals surface area contributed by atoms with Crippen molar-refractivity contribution in [3.05, 3.63) is 100 Å². The first-order valence-electron chi connectivity index (χ1n) is 11.1. The van der Waals surface area contributed by atoms with E-state index >= 15 is 0 Å². The number of nitrogens with one attached hydrogen (secondary N) is 2. The van der Waals surface area contributed by atoms with E-state index in [9.17, 15) is 4.79 Å². The smallest absolute Gasteiger partial charge is 0.266 e. The van der Waals surface area contributed by atoms with E-state index in [1.165, 1.54) is 11.1 Å². The largest absolute Gasteiger partial charge is 0.324 e. The molecule has 1 aliphatic heterocycles. The van der Waals surface area contributed by atoms with Crippen LogP contribution in [0.5, 0.6) is 0 Å². The van der Waals surface area contributed by atoms with Gasteiger partial charge in [-0.1, -0.05) is 42.5 Å². The van der Waals surface area contributed by atoms with Crippen LogP contribution < -0.4 is 16.2 Å². The van der Waals surface area contributed by atoms with Gasteiger partial charge in [0.15, 0.2) is 0 Å². The van der Waals surface area contributed by atoms with Crippen molar-refractivity contribution in [1.82, 2.24) is 19.9 Å². The number of aryl methyl sites for hydroxylation is 1.